The first-order chi connectivity index (χ1) is 12.5. The molecule has 0 saturated heterocycles. The van der Waals surface area contributed by atoms with E-state index >= 15 is 0 Å². The quantitative estimate of drug-likeness (QED) is 0.520. The van der Waals surface area contributed by atoms with E-state index in [1.54, 1.807) is 6.07 Å². The fourth-order valence-electron chi connectivity index (χ4n) is 2.88. The van der Waals surface area contributed by atoms with Crippen molar-refractivity contribution in [3.8, 4) is 11.1 Å². The van der Waals surface area contributed by atoms with Crippen LogP contribution >= 0.6 is 22.7 Å². The van der Waals surface area contributed by atoms with E-state index in [0.717, 1.165) is 11.1 Å². The summed E-state index contributed by atoms with van der Waals surface area (Å²) in [6.45, 7) is 4.13. The second kappa shape index (κ2) is 6.63. The first-order valence-electron chi connectivity index (χ1n) is 8.17. The van der Waals surface area contributed by atoms with Crippen molar-refractivity contribution < 1.29 is 4.79 Å². The highest BCUT2D eigenvalue weighted by Gasteiger charge is 2.16. The molecule has 0 aliphatic heterocycles. The molecule has 0 fully saturated rings. The number of ketones is 1. The summed E-state index contributed by atoms with van der Waals surface area (Å²) in [6.07, 6.45) is 0.0998. The van der Waals surface area contributed by atoms with Crippen LogP contribution in [0.25, 0.3) is 21.3 Å². The monoisotopic (exact) mass is 380 g/mol. The highest BCUT2D eigenvalue weighted by atomic mass is 32.1. The van der Waals surface area contributed by atoms with Crippen molar-refractivity contribution in [1.82, 2.24) is 9.97 Å². The van der Waals surface area contributed by atoms with E-state index in [4.69, 9.17) is 0 Å². The summed E-state index contributed by atoms with van der Waals surface area (Å²) < 4.78 is 0. The number of aromatic amines is 1. The number of carbonyl (C=O) groups is 1. The molecule has 4 rings (SSSR count). The average molecular weight is 380 g/mol. The summed E-state index contributed by atoms with van der Waals surface area (Å²) in [5.41, 5.74) is 4.10. The third-order valence-electron chi connectivity index (χ3n) is 4.43. The van der Waals surface area contributed by atoms with Gasteiger partial charge in [0.15, 0.2) is 5.78 Å². The number of H-pyrrole nitrogens is 1. The van der Waals surface area contributed by atoms with Crippen molar-refractivity contribution in [2.24, 2.45) is 0 Å². The molecule has 0 unspecified atom stereocenters. The highest BCUT2D eigenvalue weighted by molar-refractivity contribution is 7.17. The molecule has 0 amide bonds. The van der Waals surface area contributed by atoms with Gasteiger partial charge in [-0.05, 0) is 42.0 Å². The lowest BCUT2D eigenvalue weighted by molar-refractivity contribution is 0.0994. The normalized spacial score (nSPS) is 11.2. The van der Waals surface area contributed by atoms with Gasteiger partial charge in [-0.2, -0.15) is 0 Å². The van der Waals surface area contributed by atoms with Gasteiger partial charge in [0.25, 0.3) is 5.56 Å². The van der Waals surface area contributed by atoms with E-state index in [1.807, 2.05) is 22.9 Å². The van der Waals surface area contributed by atoms with Gasteiger partial charge in [-0.1, -0.05) is 24.3 Å². The van der Waals surface area contributed by atoms with E-state index < -0.39 is 0 Å². The molecule has 3 aromatic heterocycles. The number of nitrogens with zero attached hydrogens (tertiary/aromatic N) is 1. The molecule has 0 saturated carbocycles. The van der Waals surface area contributed by atoms with Gasteiger partial charge >= 0.3 is 0 Å². The van der Waals surface area contributed by atoms with E-state index in [9.17, 15) is 9.59 Å². The van der Waals surface area contributed by atoms with Gasteiger partial charge in [-0.15, -0.1) is 22.7 Å². The Hall–Kier alpha value is -2.57. The number of thiophene rings is 2. The molecule has 130 valence electrons. The van der Waals surface area contributed by atoms with Crippen molar-refractivity contribution in [2.75, 3.05) is 0 Å². The van der Waals surface area contributed by atoms with Crippen LogP contribution in [0, 0.1) is 13.8 Å². The molecule has 4 nitrogen and oxygen atoms in total. The first-order valence-corrected chi connectivity index (χ1v) is 9.93. The fraction of sp³-hybridized carbons (Fsp3) is 0.150. The van der Waals surface area contributed by atoms with Crippen LogP contribution in [0.5, 0.6) is 0 Å². The van der Waals surface area contributed by atoms with Crippen LogP contribution in [0.2, 0.25) is 0 Å². The molecule has 3 heterocycles. The standard InChI is InChI=1S/C20H16N2O2S2/c1-11-5-6-13(8-12(11)2)14-10-26-20-18(14)19(24)21-17(22-20)9-15(23)16-4-3-7-25-16/h3-8,10H,9H2,1-2H3,(H,21,22,24). The molecule has 0 spiro atoms. The predicted molar refractivity (Wildman–Crippen MR) is 108 cm³/mol. The number of hydrogen-bond donors (Lipinski definition) is 1. The van der Waals surface area contributed by atoms with Crippen molar-refractivity contribution in [3.05, 3.63) is 73.3 Å². The zero-order valence-corrected chi connectivity index (χ0v) is 16.0. The average Bonchev–Trinajstić information content (AvgIpc) is 3.27. The maximum Gasteiger partial charge on any atom is 0.260 e. The van der Waals surface area contributed by atoms with Crippen molar-refractivity contribution in [3.63, 3.8) is 0 Å². The van der Waals surface area contributed by atoms with E-state index in [0.29, 0.717) is 20.9 Å². The molecule has 0 radical (unpaired) electrons. The Labute approximate surface area is 158 Å². The van der Waals surface area contributed by atoms with Gasteiger partial charge in [-0.25, -0.2) is 4.98 Å². The second-order valence-electron chi connectivity index (χ2n) is 6.22. The van der Waals surface area contributed by atoms with Crippen LogP contribution in [-0.4, -0.2) is 15.8 Å². The molecule has 4 aromatic rings. The number of aryl methyl sites for hydroxylation is 2. The Balaban J connectivity index is 1.74. The SMILES string of the molecule is Cc1ccc(-c2csc3nc(CC(=O)c4cccs4)[nH]c(=O)c23)cc1C. The van der Waals surface area contributed by atoms with Crippen molar-refractivity contribution >= 4 is 38.7 Å². The van der Waals surface area contributed by atoms with Crippen LogP contribution in [0.1, 0.15) is 26.6 Å². The van der Waals surface area contributed by atoms with Crippen LogP contribution in [0.15, 0.2) is 45.9 Å². The molecule has 0 aliphatic carbocycles. The second-order valence-corrected chi connectivity index (χ2v) is 8.02. The zero-order chi connectivity index (χ0) is 18.3. The van der Waals surface area contributed by atoms with Crippen molar-refractivity contribution in [2.45, 2.75) is 20.3 Å². The summed E-state index contributed by atoms with van der Waals surface area (Å²) in [6, 6.07) is 9.80. The number of aromatic nitrogens is 2. The Morgan fingerprint density at radius 1 is 1.15 bits per heavy atom. The van der Waals surface area contributed by atoms with E-state index in [1.165, 1.54) is 33.8 Å². The molecule has 1 aromatic carbocycles. The molecule has 1 N–H and O–H groups in total. The number of rotatable bonds is 4. The summed E-state index contributed by atoms with van der Waals surface area (Å²) in [4.78, 5) is 33.6. The first kappa shape index (κ1) is 16.9. The molecule has 0 atom stereocenters. The van der Waals surface area contributed by atoms with Gasteiger partial charge in [0.05, 0.1) is 16.7 Å². The number of Topliss-reactive ketones (excluding diaryl/α,β-unsaturated/α-hetero) is 1. The molecule has 6 heteroatoms. The van der Waals surface area contributed by atoms with Crippen LogP contribution in [0.4, 0.5) is 0 Å². The predicted octanol–water partition coefficient (Wildman–Crippen LogP) is 4.76. The Morgan fingerprint density at radius 2 is 2.00 bits per heavy atom. The van der Waals surface area contributed by atoms with Gasteiger partial charge < -0.3 is 4.98 Å². The molecule has 0 aliphatic rings. The lowest BCUT2D eigenvalue weighted by atomic mass is 10.0. The number of nitrogens with one attached hydrogen (secondary N) is 1. The number of benzene rings is 1. The summed E-state index contributed by atoms with van der Waals surface area (Å²) in [5, 5.41) is 4.41. The van der Waals surface area contributed by atoms with Crippen molar-refractivity contribution in [1.29, 1.82) is 0 Å². The van der Waals surface area contributed by atoms with E-state index in [-0.39, 0.29) is 17.8 Å². The minimum Gasteiger partial charge on any atom is -0.310 e. The summed E-state index contributed by atoms with van der Waals surface area (Å²) in [7, 11) is 0. The smallest absolute Gasteiger partial charge is 0.260 e. The van der Waals surface area contributed by atoms with Crippen LogP contribution in [0.3, 0.4) is 0 Å². The summed E-state index contributed by atoms with van der Waals surface area (Å²) >= 11 is 2.83. The van der Waals surface area contributed by atoms with Gasteiger partial charge in [-0.3, -0.25) is 9.59 Å². The molecule has 0 bridgehead atoms. The maximum absolute atomic E-state index is 12.7. The fourth-order valence-corrected chi connectivity index (χ4v) is 4.51. The minimum absolute atomic E-state index is 0.0339. The Morgan fingerprint density at radius 3 is 2.73 bits per heavy atom. The van der Waals surface area contributed by atoms with Crippen LogP contribution in [-0.2, 0) is 6.42 Å². The number of carbonyl (C=O) groups excluding carboxylic acids is 1. The van der Waals surface area contributed by atoms with E-state index in [2.05, 4.69) is 35.9 Å². The lowest BCUT2D eigenvalue weighted by Gasteiger charge is -2.05. The minimum atomic E-state index is -0.196. The topological polar surface area (TPSA) is 62.8 Å². The number of hydrogen-bond acceptors (Lipinski definition) is 5. The molecular weight excluding hydrogens is 364 g/mol. The summed E-state index contributed by atoms with van der Waals surface area (Å²) in [5.74, 6) is 0.378. The van der Waals surface area contributed by atoms with Gasteiger partial charge in [0.2, 0.25) is 0 Å². The van der Waals surface area contributed by atoms with Gasteiger partial charge in [0, 0.05) is 10.9 Å². The third kappa shape index (κ3) is 3.02. The molecule has 26 heavy (non-hydrogen) atoms. The Bertz CT molecular complexity index is 1170. The zero-order valence-electron chi connectivity index (χ0n) is 14.3. The van der Waals surface area contributed by atoms with Crippen LogP contribution < -0.4 is 5.56 Å². The third-order valence-corrected chi connectivity index (χ3v) is 6.22. The largest absolute Gasteiger partial charge is 0.310 e. The Kier molecular flexibility index (Phi) is 4.30. The highest BCUT2D eigenvalue weighted by Crippen LogP contribution is 2.31. The maximum atomic E-state index is 12.7. The molecular formula is C20H16N2O2S2. The van der Waals surface area contributed by atoms with Gasteiger partial charge in [0.1, 0.15) is 10.7 Å². The lowest BCUT2D eigenvalue weighted by Crippen LogP contribution is -2.14. The number of fused-ring (bicyclic) bond motifs is 1.